The molecular formula is C13H17ClN2O5. The molecule has 0 radical (unpaired) electrons. The molecule has 7 nitrogen and oxygen atoms in total. The van der Waals surface area contributed by atoms with Gasteiger partial charge in [0.15, 0.2) is 11.5 Å². The molecule has 0 heterocycles. The van der Waals surface area contributed by atoms with Gasteiger partial charge in [-0.05, 0) is 24.1 Å². The van der Waals surface area contributed by atoms with Crippen LogP contribution in [-0.2, 0) is 16.0 Å². The van der Waals surface area contributed by atoms with Gasteiger partial charge in [0.2, 0.25) is 0 Å². The fourth-order valence-corrected chi connectivity index (χ4v) is 1.51. The minimum atomic E-state index is -0.609. The molecule has 0 saturated carbocycles. The van der Waals surface area contributed by atoms with E-state index < -0.39 is 18.0 Å². The van der Waals surface area contributed by atoms with E-state index in [1.165, 1.54) is 19.9 Å². The fourth-order valence-electron chi connectivity index (χ4n) is 1.51. The highest BCUT2D eigenvalue weighted by Gasteiger charge is 2.11. The number of primary amides is 1. The summed E-state index contributed by atoms with van der Waals surface area (Å²) in [6, 6.07) is 4.19. The summed E-state index contributed by atoms with van der Waals surface area (Å²) in [6.45, 7) is 2.85. The van der Waals surface area contributed by atoms with Gasteiger partial charge < -0.3 is 20.5 Å². The summed E-state index contributed by atoms with van der Waals surface area (Å²) >= 11 is 0. The lowest BCUT2D eigenvalue weighted by Crippen LogP contribution is -2.30. The predicted molar refractivity (Wildman–Crippen MR) is 77.6 cm³/mol. The van der Waals surface area contributed by atoms with E-state index >= 15 is 0 Å². The van der Waals surface area contributed by atoms with Gasteiger partial charge >= 0.3 is 18.0 Å². The number of benzene rings is 1. The number of nitrogens with one attached hydrogen (secondary N) is 1. The monoisotopic (exact) mass is 316 g/mol. The minimum Gasteiger partial charge on any atom is -0.423 e. The highest BCUT2D eigenvalue weighted by atomic mass is 35.5. The summed E-state index contributed by atoms with van der Waals surface area (Å²) < 4.78 is 9.92. The first-order valence-electron chi connectivity index (χ1n) is 5.91. The number of hydrogen-bond acceptors (Lipinski definition) is 5. The molecule has 21 heavy (non-hydrogen) atoms. The molecule has 0 aliphatic rings. The van der Waals surface area contributed by atoms with Crippen LogP contribution >= 0.6 is 12.4 Å². The van der Waals surface area contributed by atoms with Crippen LogP contribution in [0.1, 0.15) is 19.4 Å². The maximum absolute atomic E-state index is 11.0. The first kappa shape index (κ1) is 18.7. The Labute approximate surface area is 128 Å². The maximum Gasteiger partial charge on any atom is 0.312 e. The van der Waals surface area contributed by atoms with Crippen molar-refractivity contribution in [2.24, 2.45) is 5.73 Å². The summed E-state index contributed by atoms with van der Waals surface area (Å²) in [6.07, 6.45) is 0.498. The minimum absolute atomic E-state index is 0. The first-order valence-corrected chi connectivity index (χ1v) is 5.91. The number of carbonyl (C=O) groups is 3. The highest BCUT2D eigenvalue weighted by molar-refractivity contribution is 5.85. The molecule has 2 amide bonds. The van der Waals surface area contributed by atoms with Crippen molar-refractivity contribution < 1.29 is 23.9 Å². The van der Waals surface area contributed by atoms with Crippen molar-refractivity contribution in [2.75, 3.05) is 6.54 Å². The average Bonchev–Trinajstić information content (AvgIpc) is 2.30. The van der Waals surface area contributed by atoms with E-state index in [0.29, 0.717) is 13.0 Å². The third kappa shape index (κ3) is 7.17. The van der Waals surface area contributed by atoms with E-state index in [9.17, 15) is 14.4 Å². The van der Waals surface area contributed by atoms with Gasteiger partial charge in [0.1, 0.15) is 0 Å². The molecule has 1 rings (SSSR count). The lowest BCUT2D eigenvalue weighted by molar-refractivity contribution is -0.134. The molecule has 0 aliphatic heterocycles. The Morgan fingerprint density at radius 2 is 1.67 bits per heavy atom. The van der Waals surface area contributed by atoms with Crippen molar-refractivity contribution in [1.29, 1.82) is 0 Å². The van der Waals surface area contributed by atoms with E-state index in [1.54, 1.807) is 12.1 Å². The zero-order valence-electron chi connectivity index (χ0n) is 11.7. The van der Waals surface area contributed by atoms with Crippen molar-refractivity contribution >= 4 is 30.4 Å². The lowest BCUT2D eigenvalue weighted by Gasteiger charge is -2.10. The Balaban J connectivity index is 0.00000400. The van der Waals surface area contributed by atoms with E-state index in [0.717, 1.165) is 5.56 Å². The van der Waals surface area contributed by atoms with Crippen LogP contribution in [0.15, 0.2) is 18.2 Å². The molecule has 116 valence electrons. The Kier molecular flexibility index (Phi) is 7.85. The van der Waals surface area contributed by atoms with Gasteiger partial charge in [-0.3, -0.25) is 9.59 Å². The van der Waals surface area contributed by atoms with Crippen LogP contribution in [-0.4, -0.2) is 24.5 Å². The molecule has 0 unspecified atom stereocenters. The van der Waals surface area contributed by atoms with E-state index in [4.69, 9.17) is 15.2 Å². The zero-order valence-corrected chi connectivity index (χ0v) is 12.5. The smallest absolute Gasteiger partial charge is 0.312 e. The van der Waals surface area contributed by atoms with Gasteiger partial charge in [-0.2, -0.15) is 0 Å². The van der Waals surface area contributed by atoms with Gasteiger partial charge in [-0.1, -0.05) is 6.07 Å². The third-order valence-corrected chi connectivity index (χ3v) is 2.23. The van der Waals surface area contributed by atoms with Crippen molar-refractivity contribution in [2.45, 2.75) is 20.3 Å². The Morgan fingerprint density at radius 1 is 1.10 bits per heavy atom. The molecule has 0 aliphatic carbocycles. The standard InChI is InChI=1S/C13H16N2O5.ClH/c1-8(16)19-11-4-3-10(5-6-15-13(14)18)7-12(11)20-9(2)17;/h3-4,7H,5-6H2,1-2H3,(H3,14,15,18);1H. The van der Waals surface area contributed by atoms with Crippen molar-refractivity contribution in [3.8, 4) is 11.5 Å². The summed E-state index contributed by atoms with van der Waals surface area (Å²) in [4.78, 5) is 32.6. The number of nitrogens with two attached hydrogens (primary N) is 1. The topological polar surface area (TPSA) is 108 Å². The second kappa shape index (κ2) is 8.80. The van der Waals surface area contributed by atoms with Crippen LogP contribution in [0.25, 0.3) is 0 Å². The van der Waals surface area contributed by atoms with Crippen LogP contribution in [0.2, 0.25) is 0 Å². The number of urea groups is 1. The van der Waals surface area contributed by atoms with Crippen LogP contribution in [0.3, 0.4) is 0 Å². The molecule has 0 bridgehead atoms. The molecule has 1 aromatic rings. The van der Waals surface area contributed by atoms with E-state index in [1.807, 2.05) is 0 Å². The van der Waals surface area contributed by atoms with E-state index in [-0.39, 0.29) is 23.9 Å². The van der Waals surface area contributed by atoms with Crippen LogP contribution in [0.4, 0.5) is 4.79 Å². The molecule has 1 aromatic carbocycles. The fraction of sp³-hybridized carbons (Fsp3) is 0.308. The van der Waals surface area contributed by atoms with Crippen molar-refractivity contribution in [1.82, 2.24) is 5.32 Å². The number of amides is 2. The van der Waals surface area contributed by atoms with Crippen LogP contribution in [0.5, 0.6) is 11.5 Å². The molecular weight excluding hydrogens is 300 g/mol. The quantitative estimate of drug-likeness (QED) is 0.626. The van der Waals surface area contributed by atoms with Crippen LogP contribution < -0.4 is 20.5 Å². The normalized spacial score (nSPS) is 9.24. The molecule has 8 heteroatoms. The van der Waals surface area contributed by atoms with Crippen molar-refractivity contribution in [3.05, 3.63) is 23.8 Å². The summed E-state index contributed by atoms with van der Waals surface area (Å²) in [5.41, 5.74) is 5.75. The molecule has 3 N–H and O–H groups in total. The Bertz CT molecular complexity index is 533. The van der Waals surface area contributed by atoms with Crippen molar-refractivity contribution in [3.63, 3.8) is 0 Å². The van der Waals surface area contributed by atoms with E-state index in [2.05, 4.69) is 5.32 Å². The molecule has 0 spiro atoms. The zero-order chi connectivity index (χ0) is 15.1. The highest BCUT2D eigenvalue weighted by Crippen LogP contribution is 2.29. The number of rotatable bonds is 5. The molecule has 0 aromatic heterocycles. The SMILES string of the molecule is CC(=O)Oc1ccc(CCNC(N)=O)cc1OC(C)=O.Cl. The number of ether oxygens (including phenoxy) is 2. The second-order valence-corrected chi connectivity index (χ2v) is 4.01. The lowest BCUT2D eigenvalue weighted by atomic mass is 10.1. The summed E-state index contributed by atoms with van der Waals surface area (Å²) in [5, 5.41) is 2.45. The molecule has 0 fully saturated rings. The van der Waals surface area contributed by atoms with Crippen LogP contribution in [0, 0.1) is 0 Å². The number of carbonyl (C=O) groups excluding carboxylic acids is 3. The predicted octanol–water partition coefficient (Wildman–Crippen LogP) is 1.17. The van der Waals surface area contributed by atoms with Gasteiger partial charge in [0.05, 0.1) is 0 Å². The Morgan fingerprint density at radius 3 is 2.19 bits per heavy atom. The number of hydrogen-bond donors (Lipinski definition) is 2. The maximum atomic E-state index is 11.0. The number of esters is 2. The summed E-state index contributed by atoms with van der Waals surface area (Å²) in [7, 11) is 0. The largest absolute Gasteiger partial charge is 0.423 e. The second-order valence-electron chi connectivity index (χ2n) is 4.01. The molecule has 0 saturated heterocycles. The first-order chi connectivity index (χ1) is 9.38. The van der Waals surface area contributed by atoms with Gasteiger partial charge in [0, 0.05) is 20.4 Å². The third-order valence-electron chi connectivity index (χ3n) is 2.23. The van der Waals surface area contributed by atoms with Gasteiger partial charge in [-0.25, -0.2) is 4.79 Å². The van der Waals surface area contributed by atoms with Gasteiger partial charge in [0.25, 0.3) is 0 Å². The Hall–Kier alpha value is -2.28. The van der Waals surface area contributed by atoms with Gasteiger partial charge in [-0.15, -0.1) is 12.4 Å². The molecule has 0 atom stereocenters. The average molecular weight is 317 g/mol. The summed E-state index contributed by atoms with van der Waals surface area (Å²) in [5.74, 6) is -0.712. The number of halogens is 1.